The fraction of sp³-hybridized carbons (Fsp3) is 0.556. The second-order valence-electron chi connectivity index (χ2n) is 6.24. The summed E-state index contributed by atoms with van der Waals surface area (Å²) in [7, 11) is 3.51. The molecule has 5 nitrogen and oxygen atoms in total. The van der Waals surface area contributed by atoms with Crippen molar-refractivity contribution in [1.82, 2.24) is 10.2 Å². The number of esters is 1. The highest BCUT2D eigenvalue weighted by atomic mass is 16.5. The number of rotatable bonds is 6. The lowest BCUT2D eigenvalue weighted by Crippen LogP contribution is -2.36. The van der Waals surface area contributed by atoms with E-state index >= 15 is 0 Å². The Bertz CT molecular complexity index is 520. The number of carbonyl (C=O) groups is 2. The molecule has 0 radical (unpaired) electrons. The lowest BCUT2D eigenvalue weighted by Gasteiger charge is -2.28. The summed E-state index contributed by atoms with van der Waals surface area (Å²) in [6, 6.07) is 7.21. The van der Waals surface area contributed by atoms with Crippen LogP contribution in [0.3, 0.4) is 0 Å². The molecular formula is C18H26N2O3. The van der Waals surface area contributed by atoms with Crippen LogP contribution in [-0.2, 0) is 16.0 Å². The Kier molecular flexibility index (Phi) is 6.59. The van der Waals surface area contributed by atoms with E-state index in [0.29, 0.717) is 24.3 Å². The van der Waals surface area contributed by atoms with Crippen molar-refractivity contribution >= 4 is 11.9 Å². The number of piperidine rings is 1. The zero-order valence-electron chi connectivity index (χ0n) is 14.0. The summed E-state index contributed by atoms with van der Waals surface area (Å²) in [6.45, 7) is 3.02. The molecule has 1 aromatic rings. The quantitative estimate of drug-likeness (QED) is 0.814. The molecule has 1 amide bonds. The lowest BCUT2D eigenvalue weighted by molar-refractivity contribution is -0.121. The van der Waals surface area contributed by atoms with E-state index in [4.69, 9.17) is 0 Å². The smallest absolute Gasteiger partial charge is 0.337 e. The van der Waals surface area contributed by atoms with Crippen molar-refractivity contribution in [1.29, 1.82) is 0 Å². The first kappa shape index (κ1) is 17.5. The van der Waals surface area contributed by atoms with Gasteiger partial charge in [0.05, 0.1) is 12.7 Å². The molecule has 1 aromatic carbocycles. The first-order chi connectivity index (χ1) is 11.1. The molecule has 0 unspecified atom stereocenters. The Balaban J connectivity index is 1.68. The first-order valence-electron chi connectivity index (χ1n) is 8.21. The molecule has 2 rings (SSSR count). The molecular weight excluding hydrogens is 292 g/mol. The SMILES string of the molecule is COC(=O)c1ccc(CCC(=O)NCC2CCN(C)CC2)cc1. The zero-order valence-corrected chi connectivity index (χ0v) is 14.0. The van der Waals surface area contributed by atoms with Crippen LogP contribution < -0.4 is 5.32 Å². The molecule has 23 heavy (non-hydrogen) atoms. The maximum absolute atomic E-state index is 11.9. The van der Waals surface area contributed by atoms with Crippen LogP contribution in [0.25, 0.3) is 0 Å². The summed E-state index contributed by atoms with van der Waals surface area (Å²) in [4.78, 5) is 25.6. The van der Waals surface area contributed by atoms with Crippen LogP contribution in [0.15, 0.2) is 24.3 Å². The molecule has 1 aliphatic heterocycles. The minimum atomic E-state index is -0.340. The van der Waals surface area contributed by atoms with E-state index < -0.39 is 0 Å². The van der Waals surface area contributed by atoms with E-state index in [-0.39, 0.29) is 11.9 Å². The summed E-state index contributed by atoms with van der Waals surface area (Å²) >= 11 is 0. The number of nitrogens with zero attached hydrogens (tertiary/aromatic N) is 1. The number of benzene rings is 1. The molecule has 5 heteroatoms. The highest BCUT2D eigenvalue weighted by Crippen LogP contribution is 2.14. The number of amides is 1. The van der Waals surface area contributed by atoms with Crippen LogP contribution in [0.5, 0.6) is 0 Å². The van der Waals surface area contributed by atoms with Gasteiger partial charge in [-0.05, 0) is 63.0 Å². The Hall–Kier alpha value is -1.88. The van der Waals surface area contributed by atoms with Crippen LogP contribution in [0.1, 0.15) is 35.2 Å². The second-order valence-corrected chi connectivity index (χ2v) is 6.24. The van der Waals surface area contributed by atoms with Gasteiger partial charge in [0.25, 0.3) is 0 Å². The zero-order chi connectivity index (χ0) is 16.7. The van der Waals surface area contributed by atoms with Crippen molar-refractivity contribution in [3.05, 3.63) is 35.4 Å². The third-order valence-corrected chi connectivity index (χ3v) is 4.44. The van der Waals surface area contributed by atoms with Gasteiger partial charge < -0.3 is 15.0 Å². The van der Waals surface area contributed by atoms with E-state index in [9.17, 15) is 9.59 Å². The van der Waals surface area contributed by atoms with Crippen molar-refractivity contribution < 1.29 is 14.3 Å². The molecule has 1 heterocycles. The molecule has 1 N–H and O–H groups in total. The van der Waals surface area contributed by atoms with Crippen LogP contribution in [-0.4, -0.2) is 50.6 Å². The average Bonchev–Trinajstić information content (AvgIpc) is 2.59. The van der Waals surface area contributed by atoms with E-state index in [1.54, 1.807) is 12.1 Å². The van der Waals surface area contributed by atoms with Gasteiger partial charge >= 0.3 is 5.97 Å². The van der Waals surface area contributed by atoms with E-state index in [0.717, 1.165) is 38.0 Å². The van der Waals surface area contributed by atoms with Gasteiger partial charge in [-0.3, -0.25) is 4.79 Å². The molecule has 1 saturated heterocycles. The van der Waals surface area contributed by atoms with Gasteiger partial charge in [-0.25, -0.2) is 4.79 Å². The Labute approximate surface area is 138 Å². The molecule has 0 saturated carbocycles. The highest BCUT2D eigenvalue weighted by Gasteiger charge is 2.17. The third kappa shape index (κ3) is 5.67. The molecule has 0 aromatic heterocycles. The first-order valence-corrected chi connectivity index (χ1v) is 8.21. The predicted octanol–water partition coefficient (Wildman–Crippen LogP) is 1.86. The van der Waals surface area contributed by atoms with Crippen LogP contribution in [0, 0.1) is 5.92 Å². The molecule has 126 valence electrons. The Morgan fingerprint density at radius 1 is 1.22 bits per heavy atom. The van der Waals surface area contributed by atoms with Gasteiger partial charge in [0.1, 0.15) is 0 Å². The summed E-state index contributed by atoms with van der Waals surface area (Å²) in [5.74, 6) is 0.364. The van der Waals surface area contributed by atoms with Crippen LogP contribution >= 0.6 is 0 Å². The molecule has 1 fully saturated rings. The van der Waals surface area contributed by atoms with Crippen molar-refractivity contribution in [2.75, 3.05) is 33.8 Å². The third-order valence-electron chi connectivity index (χ3n) is 4.44. The van der Waals surface area contributed by atoms with Gasteiger partial charge in [0.2, 0.25) is 5.91 Å². The van der Waals surface area contributed by atoms with Gasteiger partial charge in [-0.1, -0.05) is 12.1 Å². The number of nitrogens with one attached hydrogen (secondary N) is 1. The van der Waals surface area contributed by atoms with Crippen molar-refractivity contribution in [2.45, 2.75) is 25.7 Å². The number of ether oxygens (including phenoxy) is 1. The number of likely N-dealkylation sites (tertiary alicyclic amines) is 1. The van der Waals surface area contributed by atoms with Gasteiger partial charge in [0, 0.05) is 13.0 Å². The fourth-order valence-corrected chi connectivity index (χ4v) is 2.80. The molecule has 1 aliphatic rings. The average molecular weight is 318 g/mol. The van der Waals surface area contributed by atoms with Gasteiger partial charge in [0.15, 0.2) is 0 Å². The highest BCUT2D eigenvalue weighted by molar-refractivity contribution is 5.89. The van der Waals surface area contributed by atoms with E-state index in [1.807, 2.05) is 12.1 Å². The van der Waals surface area contributed by atoms with E-state index in [2.05, 4.69) is 22.0 Å². The van der Waals surface area contributed by atoms with Crippen molar-refractivity contribution in [3.63, 3.8) is 0 Å². The summed E-state index contributed by atoms with van der Waals surface area (Å²) in [5, 5.41) is 3.04. The maximum atomic E-state index is 11.9. The lowest BCUT2D eigenvalue weighted by atomic mass is 9.97. The predicted molar refractivity (Wildman–Crippen MR) is 89.3 cm³/mol. The maximum Gasteiger partial charge on any atom is 0.337 e. The monoisotopic (exact) mass is 318 g/mol. The van der Waals surface area contributed by atoms with Crippen LogP contribution in [0.2, 0.25) is 0 Å². The number of carbonyl (C=O) groups excluding carboxylic acids is 2. The van der Waals surface area contributed by atoms with E-state index in [1.165, 1.54) is 7.11 Å². The summed E-state index contributed by atoms with van der Waals surface area (Å²) in [6.07, 6.45) is 3.47. The summed E-state index contributed by atoms with van der Waals surface area (Å²) in [5.41, 5.74) is 1.58. The standard InChI is InChI=1S/C18H26N2O3/c1-20-11-9-15(10-12-20)13-19-17(21)8-5-14-3-6-16(7-4-14)18(22)23-2/h3-4,6-7,15H,5,8-13H2,1-2H3,(H,19,21). The Morgan fingerprint density at radius 2 is 1.87 bits per heavy atom. The molecule has 0 spiro atoms. The Morgan fingerprint density at radius 3 is 2.48 bits per heavy atom. The molecule has 0 bridgehead atoms. The molecule has 0 atom stereocenters. The number of methoxy groups -OCH3 is 1. The number of hydrogen-bond donors (Lipinski definition) is 1. The minimum Gasteiger partial charge on any atom is -0.465 e. The number of hydrogen-bond acceptors (Lipinski definition) is 4. The normalized spacial score (nSPS) is 16.1. The van der Waals surface area contributed by atoms with Crippen LogP contribution in [0.4, 0.5) is 0 Å². The van der Waals surface area contributed by atoms with Crippen molar-refractivity contribution in [2.24, 2.45) is 5.92 Å². The van der Waals surface area contributed by atoms with Gasteiger partial charge in [-0.15, -0.1) is 0 Å². The molecule has 0 aliphatic carbocycles. The minimum absolute atomic E-state index is 0.0981. The number of aryl methyl sites for hydroxylation is 1. The topological polar surface area (TPSA) is 58.6 Å². The van der Waals surface area contributed by atoms with Crippen molar-refractivity contribution in [3.8, 4) is 0 Å². The summed E-state index contributed by atoms with van der Waals surface area (Å²) < 4.78 is 4.66. The largest absolute Gasteiger partial charge is 0.465 e. The fourth-order valence-electron chi connectivity index (χ4n) is 2.80. The van der Waals surface area contributed by atoms with Gasteiger partial charge in [-0.2, -0.15) is 0 Å². The second kappa shape index (κ2) is 8.67.